The molecule has 2 heterocycles. The van der Waals surface area contributed by atoms with E-state index in [1.54, 1.807) is 0 Å². The molecular weight excluding hydrogens is 250 g/mol. The van der Waals surface area contributed by atoms with Crippen LogP contribution in [0.2, 0.25) is 0 Å². The van der Waals surface area contributed by atoms with Gasteiger partial charge in [0.2, 0.25) is 0 Å². The van der Waals surface area contributed by atoms with Gasteiger partial charge in [-0.15, -0.1) is 0 Å². The van der Waals surface area contributed by atoms with Crippen molar-refractivity contribution in [2.24, 2.45) is 5.92 Å². The zero-order valence-electron chi connectivity index (χ0n) is 12.5. The molecule has 0 aliphatic carbocycles. The maximum absolute atomic E-state index is 5.82. The Morgan fingerprint density at radius 1 is 1.20 bits per heavy atom. The smallest absolute Gasteiger partial charge is 0.161 e. The summed E-state index contributed by atoms with van der Waals surface area (Å²) in [5, 5.41) is 3.66. The van der Waals surface area contributed by atoms with Crippen LogP contribution in [0.25, 0.3) is 0 Å². The number of nitrogens with one attached hydrogen (secondary N) is 1. The summed E-state index contributed by atoms with van der Waals surface area (Å²) >= 11 is 0. The fourth-order valence-electron chi connectivity index (χ4n) is 3.33. The van der Waals surface area contributed by atoms with E-state index in [1.165, 1.54) is 18.4 Å². The molecule has 1 N–H and O–H groups in total. The van der Waals surface area contributed by atoms with E-state index in [9.17, 15) is 0 Å². The highest BCUT2D eigenvalue weighted by molar-refractivity contribution is 5.45. The van der Waals surface area contributed by atoms with Crippen molar-refractivity contribution in [3.8, 4) is 11.5 Å². The highest BCUT2D eigenvalue weighted by Gasteiger charge is 2.29. The number of fused-ring (bicyclic) bond motifs is 1. The highest BCUT2D eigenvalue weighted by atomic mass is 16.5. The fourth-order valence-corrected chi connectivity index (χ4v) is 3.33. The minimum atomic E-state index is 0.597. The lowest BCUT2D eigenvalue weighted by molar-refractivity contribution is 0.297. The number of ether oxygens (including phenoxy) is 2. The third kappa shape index (κ3) is 2.93. The quantitative estimate of drug-likeness (QED) is 0.917. The zero-order chi connectivity index (χ0) is 13.9. The van der Waals surface area contributed by atoms with Crippen LogP contribution in [0.4, 0.5) is 0 Å². The van der Waals surface area contributed by atoms with Gasteiger partial charge in [-0.05, 0) is 43.0 Å². The summed E-state index contributed by atoms with van der Waals surface area (Å²) < 4.78 is 11.5. The average Bonchev–Trinajstić information content (AvgIpc) is 2.74. The second-order valence-electron chi connectivity index (χ2n) is 6.34. The molecule has 0 amide bonds. The van der Waals surface area contributed by atoms with Crippen LogP contribution in [0.1, 0.15) is 44.6 Å². The van der Waals surface area contributed by atoms with E-state index >= 15 is 0 Å². The van der Waals surface area contributed by atoms with Crippen LogP contribution in [0.15, 0.2) is 18.2 Å². The minimum absolute atomic E-state index is 0.597. The lowest BCUT2D eigenvalue weighted by Crippen LogP contribution is -2.27. The Hall–Kier alpha value is -1.22. The molecule has 1 aromatic rings. The Morgan fingerprint density at radius 3 is 2.80 bits per heavy atom. The predicted molar refractivity (Wildman–Crippen MR) is 80.7 cm³/mol. The Bertz CT molecular complexity index is 458. The van der Waals surface area contributed by atoms with E-state index in [4.69, 9.17) is 9.47 Å². The van der Waals surface area contributed by atoms with Crippen LogP contribution in [-0.4, -0.2) is 25.8 Å². The van der Waals surface area contributed by atoms with Gasteiger partial charge in [-0.2, -0.15) is 0 Å². The van der Waals surface area contributed by atoms with E-state index < -0.39 is 0 Å². The predicted octanol–water partition coefficient (Wildman–Crippen LogP) is 3.34. The largest absolute Gasteiger partial charge is 0.490 e. The van der Waals surface area contributed by atoms with E-state index in [2.05, 4.69) is 37.4 Å². The summed E-state index contributed by atoms with van der Waals surface area (Å²) in [6.07, 6.45) is 3.42. The molecule has 110 valence electrons. The molecule has 2 atom stereocenters. The highest BCUT2D eigenvalue weighted by Crippen LogP contribution is 2.37. The van der Waals surface area contributed by atoms with E-state index in [1.807, 2.05) is 0 Å². The van der Waals surface area contributed by atoms with Gasteiger partial charge >= 0.3 is 0 Å². The van der Waals surface area contributed by atoms with Crippen molar-refractivity contribution in [2.45, 2.75) is 45.1 Å². The maximum atomic E-state index is 5.82. The molecule has 2 unspecified atom stereocenters. The lowest BCUT2D eigenvalue weighted by Gasteiger charge is -2.22. The Kier molecular flexibility index (Phi) is 4.16. The monoisotopic (exact) mass is 275 g/mol. The molecule has 1 fully saturated rings. The van der Waals surface area contributed by atoms with Gasteiger partial charge in [0.15, 0.2) is 11.5 Å². The van der Waals surface area contributed by atoms with Crippen LogP contribution in [0.3, 0.4) is 0 Å². The van der Waals surface area contributed by atoms with Gasteiger partial charge in [0, 0.05) is 18.4 Å². The normalized spacial score (nSPS) is 25.8. The summed E-state index contributed by atoms with van der Waals surface area (Å²) in [6.45, 7) is 7.23. The first-order valence-electron chi connectivity index (χ1n) is 7.87. The van der Waals surface area contributed by atoms with Gasteiger partial charge < -0.3 is 14.8 Å². The second kappa shape index (κ2) is 6.04. The van der Waals surface area contributed by atoms with Gasteiger partial charge in [0.25, 0.3) is 0 Å². The molecule has 0 radical (unpaired) electrons. The molecule has 3 nitrogen and oxygen atoms in total. The third-order valence-electron chi connectivity index (χ3n) is 4.27. The zero-order valence-corrected chi connectivity index (χ0v) is 12.5. The Labute approximate surface area is 121 Å². The summed E-state index contributed by atoms with van der Waals surface area (Å²) in [5.41, 5.74) is 1.39. The van der Waals surface area contributed by atoms with Crippen molar-refractivity contribution in [3.63, 3.8) is 0 Å². The van der Waals surface area contributed by atoms with Crippen LogP contribution in [0, 0.1) is 5.92 Å². The van der Waals surface area contributed by atoms with Crippen molar-refractivity contribution >= 4 is 0 Å². The van der Waals surface area contributed by atoms with Crippen molar-refractivity contribution in [1.29, 1.82) is 0 Å². The Morgan fingerprint density at radius 2 is 2.00 bits per heavy atom. The molecular formula is C17H25NO2. The SMILES string of the molecule is CC(C)CC1NCCC1c1ccc2c(c1)OCCCO2. The van der Waals surface area contributed by atoms with E-state index in [0.29, 0.717) is 12.0 Å². The van der Waals surface area contributed by atoms with Gasteiger partial charge in [-0.3, -0.25) is 0 Å². The van der Waals surface area contributed by atoms with E-state index in [0.717, 1.165) is 43.6 Å². The average molecular weight is 275 g/mol. The van der Waals surface area contributed by atoms with Gasteiger partial charge in [0.1, 0.15) is 0 Å². The molecule has 0 saturated carbocycles. The number of hydrogen-bond donors (Lipinski definition) is 1. The van der Waals surface area contributed by atoms with Crippen molar-refractivity contribution in [2.75, 3.05) is 19.8 Å². The van der Waals surface area contributed by atoms with Gasteiger partial charge in [0.05, 0.1) is 13.2 Å². The summed E-state index contributed by atoms with van der Waals surface area (Å²) in [4.78, 5) is 0. The lowest BCUT2D eigenvalue weighted by atomic mass is 9.87. The first-order valence-corrected chi connectivity index (χ1v) is 7.87. The molecule has 0 spiro atoms. The molecule has 1 saturated heterocycles. The van der Waals surface area contributed by atoms with Crippen LogP contribution in [-0.2, 0) is 0 Å². The van der Waals surface area contributed by atoms with Crippen LogP contribution < -0.4 is 14.8 Å². The van der Waals surface area contributed by atoms with Crippen molar-refractivity contribution in [1.82, 2.24) is 5.32 Å². The topological polar surface area (TPSA) is 30.5 Å². The molecule has 0 bridgehead atoms. The summed E-state index contributed by atoms with van der Waals surface area (Å²) in [5.74, 6) is 3.16. The van der Waals surface area contributed by atoms with Gasteiger partial charge in [-0.25, -0.2) is 0 Å². The van der Waals surface area contributed by atoms with Crippen molar-refractivity contribution in [3.05, 3.63) is 23.8 Å². The summed E-state index contributed by atoms with van der Waals surface area (Å²) in [7, 11) is 0. The molecule has 3 heteroatoms. The molecule has 2 aliphatic rings. The first-order chi connectivity index (χ1) is 9.74. The maximum Gasteiger partial charge on any atom is 0.161 e. The van der Waals surface area contributed by atoms with Gasteiger partial charge in [-0.1, -0.05) is 19.9 Å². The second-order valence-corrected chi connectivity index (χ2v) is 6.34. The third-order valence-corrected chi connectivity index (χ3v) is 4.27. The molecule has 1 aromatic carbocycles. The molecule has 3 rings (SSSR count). The van der Waals surface area contributed by atoms with Crippen molar-refractivity contribution < 1.29 is 9.47 Å². The summed E-state index contributed by atoms with van der Waals surface area (Å²) in [6, 6.07) is 7.10. The number of hydrogen-bond acceptors (Lipinski definition) is 3. The minimum Gasteiger partial charge on any atom is -0.490 e. The Balaban J connectivity index is 1.81. The molecule has 0 aromatic heterocycles. The molecule has 2 aliphatic heterocycles. The number of benzene rings is 1. The standard InChI is InChI=1S/C17H25NO2/c1-12(2)10-15-14(6-7-18-15)13-4-5-16-17(11-13)20-9-3-8-19-16/h4-5,11-12,14-15,18H,3,6-10H2,1-2H3. The molecule has 20 heavy (non-hydrogen) atoms. The number of rotatable bonds is 3. The van der Waals surface area contributed by atoms with Crippen LogP contribution >= 0.6 is 0 Å². The fraction of sp³-hybridized carbons (Fsp3) is 0.647. The van der Waals surface area contributed by atoms with E-state index in [-0.39, 0.29) is 0 Å². The van der Waals surface area contributed by atoms with Crippen LogP contribution in [0.5, 0.6) is 11.5 Å². The first kappa shape index (κ1) is 13.7.